The molecule has 0 radical (unpaired) electrons. The summed E-state index contributed by atoms with van der Waals surface area (Å²) in [5.41, 5.74) is 2.00. The van der Waals surface area contributed by atoms with Crippen molar-refractivity contribution in [2.45, 2.75) is 57.9 Å². The summed E-state index contributed by atoms with van der Waals surface area (Å²) in [6.45, 7) is 2.88. The van der Waals surface area contributed by atoms with Crippen molar-refractivity contribution in [3.05, 3.63) is 35.9 Å². The lowest BCUT2D eigenvalue weighted by molar-refractivity contribution is -0.137. The predicted octanol–water partition coefficient (Wildman–Crippen LogP) is 3.44. The number of carbonyl (C=O) groups excluding carboxylic acids is 2. The molecule has 0 bridgehead atoms. The molecule has 1 aliphatic carbocycles. The Labute approximate surface area is 156 Å². The molecule has 0 aromatic heterocycles. The Morgan fingerprint density at radius 3 is 2.50 bits per heavy atom. The third-order valence-corrected chi connectivity index (χ3v) is 5.68. The van der Waals surface area contributed by atoms with Crippen LogP contribution < -0.4 is 0 Å². The molecule has 26 heavy (non-hydrogen) atoms. The van der Waals surface area contributed by atoms with Gasteiger partial charge in [-0.05, 0) is 37.2 Å². The Morgan fingerprint density at radius 1 is 1.12 bits per heavy atom. The van der Waals surface area contributed by atoms with Gasteiger partial charge >= 0.3 is 0 Å². The average molecular weight is 355 g/mol. The largest absolute Gasteiger partial charge is 0.343 e. The van der Waals surface area contributed by atoms with E-state index in [0.717, 1.165) is 36.5 Å². The Hall–Kier alpha value is -2.17. The van der Waals surface area contributed by atoms with Crippen LogP contribution in [0.3, 0.4) is 0 Å². The number of carbonyl (C=O) groups is 2. The van der Waals surface area contributed by atoms with E-state index < -0.39 is 0 Å². The molecule has 0 unspecified atom stereocenters. The van der Waals surface area contributed by atoms with Gasteiger partial charge in [0.05, 0.1) is 12.3 Å². The first-order valence-electron chi connectivity index (χ1n) is 9.73. The van der Waals surface area contributed by atoms with Crippen LogP contribution in [0, 0.1) is 5.92 Å². The monoisotopic (exact) mass is 355 g/mol. The quantitative estimate of drug-likeness (QED) is 0.812. The van der Waals surface area contributed by atoms with Crippen molar-refractivity contribution in [3.63, 3.8) is 0 Å². The SMILES string of the molecule is CC1CCC(N(C)C(=O)CCC(=O)N2CCC(c3ccccc3)=N2)CC1. The van der Waals surface area contributed by atoms with E-state index in [1.807, 2.05) is 42.3 Å². The van der Waals surface area contributed by atoms with Crippen molar-refractivity contribution in [2.75, 3.05) is 13.6 Å². The molecule has 140 valence electrons. The fourth-order valence-corrected chi connectivity index (χ4v) is 3.82. The molecule has 5 nitrogen and oxygen atoms in total. The summed E-state index contributed by atoms with van der Waals surface area (Å²) in [5, 5.41) is 5.98. The van der Waals surface area contributed by atoms with Gasteiger partial charge in [0.25, 0.3) is 0 Å². The zero-order valence-corrected chi connectivity index (χ0v) is 15.9. The maximum atomic E-state index is 12.4. The van der Waals surface area contributed by atoms with E-state index in [0.29, 0.717) is 12.6 Å². The molecule has 1 aromatic carbocycles. The first kappa shape index (κ1) is 18.6. The molecule has 3 rings (SSSR count). The number of benzene rings is 1. The van der Waals surface area contributed by atoms with Gasteiger partial charge in [-0.15, -0.1) is 0 Å². The minimum Gasteiger partial charge on any atom is -0.343 e. The summed E-state index contributed by atoms with van der Waals surface area (Å²) < 4.78 is 0. The molecule has 5 heteroatoms. The van der Waals surface area contributed by atoms with E-state index in [1.54, 1.807) is 0 Å². The molecular formula is C21H29N3O2. The molecule has 0 N–H and O–H groups in total. The number of amides is 2. The Balaban J connectivity index is 1.48. The van der Waals surface area contributed by atoms with Crippen molar-refractivity contribution in [1.29, 1.82) is 0 Å². The third kappa shape index (κ3) is 4.51. The lowest BCUT2D eigenvalue weighted by atomic mass is 9.86. The molecule has 2 aliphatic rings. The van der Waals surface area contributed by atoms with Crippen LogP contribution in [0.25, 0.3) is 0 Å². The highest BCUT2D eigenvalue weighted by Gasteiger charge is 2.26. The molecule has 0 saturated heterocycles. The molecular weight excluding hydrogens is 326 g/mol. The van der Waals surface area contributed by atoms with Gasteiger partial charge in [-0.2, -0.15) is 5.10 Å². The maximum absolute atomic E-state index is 12.4. The van der Waals surface area contributed by atoms with Crippen LogP contribution in [0.2, 0.25) is 0 Å². The third-order valence-electron chi connectivity index (χ3n) is 5.68. The number of hydrazone groups is 1. The zero-order valence-electron chi connectivity index (χ0n) is 15.9. The molecule has 1 saturated carbocycles. The number of nitrogens with zero attached hydrogens (tertiary/aromatic N) is 3. The Morgan fingerprint density at radius 2 is 1.81 bits per heavy atom. The van der Waals surface area contributed by atoms with Crippen LogP contribution in [0.1, 0.15) is 57.4 Å². The van der Waals surface area contributed by atoms with Crippen LogP contribution in [-0.2, 0) is 9.59 Å². The van der Waals surface area contributed by atoms with E-state index in [-0.39, 0.29) is 24.7 Å². The molecule has 1 heterocycles. The summed E-state index contributed by atoms with van der Waals surface area (Å²) in [5.74, 6) is 0.780. The van der Waals surface area contributed by atoms with Gasteiger partial charge in [-0.25, -0.2) is 5.01 Å². The minimum atomic E-state index is -0.0602. The van der Waals surface area contributed by atoms with Crippen LogP contribution in [0.4, 0.5) is 0 Å². The molecule has 2 amide bonds. The van der Waals surface area contributed by atoms with Crippen molar-refractivity contribution in [1.82, 2.24) is 9.91 Å². The second-order valence-electron chi connectivity index (χ2n) is 7.60. The van der Waals surface area contributed by atoms with Gasteiger partial charge in [0.2, 0.25) is 11.8 Å². The number of hydrogen-bond donors (Lipinski definition) is 0. The second kappa shape index (κ2) is 8.47. The van der Waals surface area contributed by atoms with Crippen molar-refractivity contribution >= 4 is 17.5 Å². The Bertz CT molecular complexity index is 663. The van der Waals surface area contributed by atoms with E-state index >= 15 is 0 Å². The summed E-state index contributed by atoms with van der Waals surface area (Å²) in [6.07, 6.45) is 5.80. The fourth-order valence-electron chi connectivity index (χ4n) is 3.82. The number of hydrogen-bond acceptors (Lipinski definition) is 3. The van der Waals surface area contributed by atoms with Crippen molar-refractivity contribution in [3.8, 4) is 0 Å². The molecule has 1 aromatic rings. The van der Waals surface area contributed by atoms with Crippen LogP contribution >= 0.6 is 0 Å². The van der Waals surface area contributed by atoms with Crippen molar-refractivity contribution < 1.29 is 9.59 Å². The second-order valence-corrected chi connectivity index (χ2v) is 7.60. The fraction of sp³-hybridized carbons (Fsp3) is 0.571. The topological polar surface area (TPSA) is 53.0 Å². The number of rotatable bonds is 5. The van der Waals surface area contributed by atoms with Gasteiger partial charge in [0.1, 0.15) is 0 Å². The van der Waals surface area contributed by atoms with Crippen molar-refractivity contribution in [2.24, 2.45) is 11.0 Å². The Kier molecular flexibility index (Phi) is 6.07. The van der Waals surface area contributed by atoms with Crippen LogP contribution in [0.15, 0.2) is 35.4 Å². The summed E-state index contributed by atoms with van der Waals surface area (Å²) in [7, 11) is 1.88. The van der Waals surface area contributed by atoms with E-state index in [9.17, 15) is 9.59 Å². The summed E-state index contributed by atoms with van der Waals surface area (Å²) in [6, 6.07) is 10.3. The van der Waals surface area contributed by atoms with Gasteiger partial charge in [-0.1, -0.05) is 37.3 Å². The highest BCUT2D eigenvalue weighted by Crippen LogP contribution is 2.27. The average Bonchev–Trinajstić information content (AvgIpc) is 3.17. The highest BCUT2D eigenvalue weighted by atomic mass is 16.2. The first-order chi connectivity index (χ1) is 12.5. The first-order valence-corrected chi connectivity index (χ1v) is 9.73. The zero-order chi connectivity index (χ0) is 18.5. The highest BCUT2D eigenvalue weighted by molar-refractivity contribution is 6.02. The standard InChI is InChI=1S/C21H29N3O2/c1-16-8-10-18(11-9-16)23(2)20(25)12-13-21(26)24-15-14-19(22-24)17-6-4-3-5-7-17/h3-7,16,18H,8-15H2,1-2H3. The molecule has 1 fully saturated rings. The molecule has 1 aliphatic heterocycles. The van der Waals surface area contributed by atoms with Gasteiger partial charge in [-0.3, -0.25) is 9.59 Å². The van der Waals surface area contributed by atoms with E-state index in [4.69, 9.17) is 0 Å². The van der Waals surface area contributed by atoms with Crippen LogP contribution in [0.5, 0.6) is 0 Å². The van der Waals surface area contributed by atoms with Gasteiger partial charge < -0.3 is 4.90 Å². The van der Waals surface area contributed by atoms with Gasteiger partial charge in [0.15, 0.2) is 0 Å². The van der Waals surface area contributed by atoms with Crippen LogP contribution in [-0.4, -0.2) is 47.1 Å². The predicted molar refractivity (Wildman–Crippen MR) is 103 cm³/mol. The van der Waals surface area contributed by atoms with E-state index in [1.165, 1.54) is 17.9 Å². The molecule has 0 atom stereocenters. The smallest absolute Gasteiger partial charge is 0.243 e. The lowest BCUT2D eigenvalue weighted by Gasteiger charge is -2.33. The van der Waals surface area contributed by atoms with E-state index in [2.05, 4.69) is 12.0 Å². The normalized spacial score (nSPS) is 22.8. The lowest BCUT2D eigenvalue weighted by Crippen LogP contribution is -2.39. The molecule has 0 spiro atoms. The minimum absolute atomic E-state index is 0.0602. The summed E-state index contributed by atoms with van der Waals surface area (Å²) >= 11 is 0. The van der Waals surface area contributed by atoms with Gasteiger partial charge in [0, 0.05) is 32.4 Å². The maximum Gasteiger partial charge on any atom is 0.243 e. The summed E-state index contributed by atoms with van der Waals surface area (Å²) in [4.78, 5) is 26.7.